The molecular weight excluding hydrogens is 246 g/mol. The van der Waals surface area contributed by atoms with Crippen LogP contribution in [0.2, 0.25) is 0 Å². The van der Waals surface area contributed by atoms with Crippen LogP contribution in [0.25, 0.3) is 0 Å². The fourth-order valence-corrected chi connectivity index (χ4v) is 3.19. The summed E-state index contributed by atoms with van der Waals surface area (Å²) < 4.78 is 0. The standard InChI is InChI=1S/C18H27NO/c1-5-10-16-11-9-15-17(19-16,12-6-2)18(20,13-7-3)14-8-4/h5-9,15-16,19-20H,1-4,10-14H2/p+1/t16-,17-/m0/s1. The van der Waals surface area contributed by atoms with E-state index < -0.39 is 11.1 Å². The highest BCUT2D eigenvalue weighted by molar-refractivity contribution is 5.19. The largest absolute Gasteiger partial charge is 0.382 e. The van der Waals surface area contributed by atoms with Gasteiger partial charge in [0, 0.05) is 32.1 Å². The smallest absolute Gasteiger partial charge is 0.148 e. The molecule has 20 heavy (non-hydrogen) atoms. The van der Waals surface area contributed by atoms with Crippen LogP contribution in [0.5, 0.6) is 0 Å². The summed E-state index contributed by atoms with van der Waals surface area (Å²) in [6.07, 6.45) is 15.4. The summed E-state index contributed by atoms with van der Waals surface area (Å²) >= 11 is 0. The summed E-state index contributed by atoms with van der Waals surface area (Å²) in [4.78, 5) is 0. The van der Waals surface area contributed by atoms with E-state index in [4.69, 9.17) is 0 Å². The average molecular weight is 274 g/mol. The second-order valence-corrected chi connectivity index (χ2v) is 5.64. The first kappa shape index (κ1) is 16.7. The molecule has 2 atom stereocenters. The molecule has 0 aliphatic carbocycles. The first-order valence-electron chi connectivity index (χ1n) is 7.27. The Bertz CT molecular complexity index is 386. The van der Waals surface area contributed by atoms with Crippen LogP contribution in [-0.4, -0.2) is 22.3 Å². The summed E-state index contributed by atoms with van der Waals surface area (Å²) in [6, 6.07) is 0.415. The lowest BCUT2D eigenvalue weighted by Crippen LogP contribution is -3.05. The van der Waals surface area contributed by atoms with E-state index in [1.54, 1.807) is 12.2 Å². The minimum absolute atomic E-state index is 0.400. The molecule has 0 saturated heterocycles. The lowest BCUT2D eigenvalue weighted by molar-refractivity contribution is -0.761. The second-order valence-electron chi connectivity index (χ2n) is 5.64. The number of aliphatic hydroxyl groups is 1. The molecule has 1 aliphatic heterocycles. The van der Waals surface area contributed by atoms with Gasteiger partial charge in [-0.25, -0.2) is 0 Å². The van der Waals surface area contributed by atoms with Crippen LogP contribution in [0, 0.1) is 0 Å². The first-order chi connectivity index (χ1) is 9.57. The zero-order chi connectivity index (χ0) is 15.1. The summed E-state index contributed by atoms with van der Waals surface area (Å²) in [5.41, 5.74) is -1.29. The quantitative estimate of drug-likeness (QED) is 0.623. The Morgan fingerprint density at radius 1 is 1.15 bits per heavy atom. The Morgan fingerprint density at radius 2 is 1.80 bits per heavy atom. The Morgan fingerprint density at radius 3 is 2.30 bits per heavy atom. The van der Waals surface area contributed by atoms with E-state index >= 15 is 0 Å². The Balaban J connectivity index is 3.16. The van der Waals surface area contributed by atoms with E-state index in [-0.39, 0.29) is 0 Å². The van der Waals surface area contributed by atoms with Crippen molar-refractivity contribution in [3.05, 3.63) is 62.8 Å². The summed E-state index contributed by atoms with van der Waals surface area (Å²) in [5.74, 6) is 0. The molecule has 0 aromatic carbocycles. The minimum atomic E-state index is -0.888. The van der Waals surface area contributed by atoms with E-state index in [0.717, 1.165) is 19.3 Å². The van der Waals surface area contributed by atoms with Gasteiger partial charge in [-0.1, -0.05) is 30.4 Å². The summed E-state index contributed by atoms with van der Waals surface area (Å²) in [6.45, 7) is 15.3. The number of rotatable bonds is 9. The van der Waals surface area contributed by atoms with Gasteiger partial charge in [-0.2, -0.15) is 0 Å². The highest BCUT2D eigenvalue weighted by Gasteiger charge is 2.51. The number of nitrogens with two attached hydrogens (primary N) is 1. The second kappa shape index (κ2) is 7.41. The van der Waals surface area contributed by atoms with Gasteiger partial charge in [-0.3, -0.25) is 0 Å². The van der Waals surface area contributed by atoms with Crippen LogP contribution in [0.4, 0.5) is 0 Å². The zero-order valence-corrected chi connectivity index (χ0v) is 12.4. The molecule has 0 saturated carbocycles. The molecule has 0 amide bonds. The van der Waals surface area contributed by atoms with Crippen molar-refractivity contribution in [1.82, 2.24) is 0 Å². The molecule has 0 aromatic heterocycles. The summed E-state index contributed by atoms with van der Waals surface area (Å²) in [5, 5.41) is 13.5. The number of hydrogen-bond donors (Lipinski definition) is 2. The van der Waals surface area contributed by atoms with Gasteiger partial charge in [0.05, 0.1) is 6.04 Å². The van der Waals surface area contributed by atoms with Crippen LogP contribution in [-0.2, 0) is 0 Å². The first-order valence-corrected chi connectivity index (χ1v) is 7.27. The Labute approximate surface area is 123 Å². The monoisotopic (exact) mass is 274 g/mol. The highest BCUT2D eigenvalue weighted by Crippen LogP contribution is 2.33. The topological polar surface area (TPSA) is 36.8 Å². The van der Waals surface area contributed by atoms with Gasteiger partial charge >= 0.3 is 0 Å². The van der Waals surface area contributed by atoms with Gasteiger partial charge in [0.1, 0.15) is 11.1 Å². The maximum absolute atomic E-state index is 11.2. The Kier molecular flexibility index (Phi) is 6.18. The van der Waals surface area contributed by atoms with Crippen molar-refractivity contribution >= 4 is 0 Å². The zero-order valence-electron chi connectivity index (χ0n) is 12.4. The molecule has 0 fully saturated rings. The third kappa shape index (κ3) is 3.38. The third-order valence-corrected chi connectivity index (χ3v) is 4.17. The van der Waals surface area contributed by atoms with Crippen LogP contribution in [0.1, 0.15) is 32.1 Å². The van der Waals surface area contributed by atoms with Gasteiger partial charge in [-0.15, -0.1) is 26.3 Å². The minimum Gasteiger partial charge on any atom is -0.382 e. The Hall–Kier alpha value is -1.38. The predicted molar refractivity (Wildman–Crippen MR) is 86.4 cm³/mol. The van der Waals surface area contributed by atoms with Crippen LogP contribution in [0.3, 0.4) is 0 Å². The van der Waals surface area contributed by atoms with Crippen molar-refractivity contribution in [3.63, 3.8) is 0 Å². The lowest BCUT2D eigenvalue weighted by Gasteiger charge is -2.45. The van der Waals surface area contributed by atoms with Gasteiger partial charge < -0.3 is 10.4 Å². The molecule has 110 valence electrons. The van der Waals surface area contributed by atoms with Crippen LogP contribution in [0.15, 0.2) is 62.8 Å². The van der Waals surface area contributed by atoms with E-state index in [0.29, 0.717) is 18.9 Å². The normalized spacial score (nSPS) is 25.9. The SMILES string of the molecule is C=CC[C@H]1CC=C[C@@](CC=C)(C(O)(CC=C)CC=C)[NH2+]1. The van der Waals surface area contributed by atoms with Crippen molar-refractivity contribution in [1.29, 1.82) is 0 Å². The molecule has 2 heteroatoms. The van der Waals surface area contributed by atoms with Crippen molar-refractivity contribution in [3.8, 4) is 0 Å². The fraction of sp³-hybridized carbons (Fsp3) is 0.444. The van der Waals surface area contributed by atoms with Crippen LogP contribution >= 0.6 is 0 Å². The molecule has 1 heterocycles. The van der Waals surface area contributed by atoms with E-state index in [2.05, 4.69) is 43.8 Å². The van der Waals surface area contributed by atoms with E-state index in [1.165, 1.54) is 0 Å². The molecule has 2 nitrogen and oxygen atoms in total. The average Bonchev–Trinajstić information content (AvgIpc) is 2.40. The van der Waals surface area contributed by atoms with Gasteiger partial charge in [0.2, 0.25) is 0 Å². The van der Waals surface area contributed by atoms with Gasteiger partial charge in [0.15, 0.2) is 0 Å². The van der Waals surface area contributed by atoms with Gasteiger partial charge in [-0.05, 0) is 6.08 Å². The molecule has 3 N–H and O–H groups in total. The fourth-order valence-electron chi connectivity index (χ4n) is 3.19. The predicted octanol–water partition coefficient (Wildman–Crippen LogP) is 2.65. The van der Waals surface area contributed by atoms with Gasteiger partial charge in [0.25, 0.3) is 0 Å². The molecule has 1 rings (SSSR count). The van der Waals surface area contributed by atoms with Crippen LogP contribution < -0.4 is 5.32 Å². The van der Waals surface area contributed by atoms with Crippen molar-refractivity contribution in [2.45, 2.75) is 49.3 Å². The van der Waals surface area contributed by atoms with Crippen molar-refractivity contribution in [2.24, 2.45) is 0 Å². The lowest BCUT2D eigenvalue weighted by atomic mass is 9.70. The molecule has 0 unspecified atom stereocenters. The maximum Gasteiger partial charge on any atom is 0.148 e. The van der Waals surface area contributed by atoms with E-state index in [1.807, 2.05) is 12.2 Å². The van der Waals surface area contributed by atoms with Crippen molar-refractivity contribution < 1.29 is 10.4 Å². The maximum atomic E-state index is 11.2. The van der Waals surface area contributed by atoms with E-state index in [9.17, 15) is 5.11 Å². The molecular formula is C18H28NO+. The summed E-state index contributed by atoms with van der Waals surface area (Å²) in [7, 11) is 0. The molecule has 0 spiro atoms. The van der Waals surface area contributed by atoms with Crippen molar-refractivity contribution in [2.75, 3.05) is 0 Å². The molecule has 0 bridgehead atoms. The molecule has 0 aromatic rings. The number of quaternary nitrogens is 1. The molecule has 1 aliphatic rings. The highest BCUT2D eigenvalue weighted by atomic mass is 16.3. The number of hydrogen-bond acceptors (Lipinski definition) is 1. The third-order valence-electron chi connectivity index (χ3n) is 4.17. The molecule has 0 radical (unpaired) electrons.